The highest BCUT2D eigenvalue weighted by molar-refractivity contribution is 6.21. The first-order chi connectivity index (χ1) is 9.56. The highest BCUT2D eigenvalue weighted by Crippen LogP contribution is 2.40. The van der Waals surface area contributed by atoms with E-state index in [2.05, 4.69) is 0 Å². The van der Waals surface area contributed by atoms with Gasteiger partial charge < -0.3 is 5.11 Å². The monoisotopic (exact) mass is 273 g/mol. The second kappa shape index (κ2) is 4.70. The summed E-state index contributed by atoms with van der Waals surface area (Å²) in [6, 6.07) is 5.35. The summed E-state index contributed by atoms with van der Waals surface area (Å²) in [5, 5.41) is 9.66. The zero-order valence-corrected chi connectivity index (χ0v) is 11.7. The molecular formula is C16H19NO3. The van der Waals surface area contributed by atoms with Gasteiger partial charge in [-0.15, -0.1) is 0 Å². The Morgan fingerprint density at radius 3 is 2.45 bits per heavy atom. The molecule has 1 aromatic carbocycles. The minimum atomic E-state index is -0.289. The molecule has 106 valence electrons. The molecule has 0 spiro atoms. The number of carbonyl (C=O) groups is 2. The zero-order valence-electron chi connectivity index (χ0n) is 11.7. The molecule has 1 heterocycles. The van der Waals surface area contributed by atoms with Gasteiger partial charge in [0.1, 0.15) is 0 Å². The van der Waals surface area contributed by atoms with Crippen LogP contribution in [0.15, 0.2) is 18.2 Å². The highest BCUT2D eigenvalue weighted by Gasteiger charge is 2.42. The van der Waals surface area contributed by atoms with E-state index in [0.717, 1.165) is 31.2 Å². The summed E-state index contributed by atoms with van der Waals surface area (Å²) >= 11 is 0. The Hall–Kier alpha value is -1.68. The van der Waals surface area contributed by atoms with Crippen LogP contribution < -0.4 is 0 Å². The fourth-order valence-electron chi connectivity index (χ4n) is 3.37. The summed E-state index contributed by atoms with van der Waals surface area (Å²) in [6.07, 6.45) is 3.89. The number of fused-ring (bicyclic) bond motifs is 1. The Morgan fingerprint density at radius 2 is 1.80 bits per heavy atom. The lowest BCUT2D eigenvalue weighted by atomic mass is 9.86. The lowest BCUT2D eigenvalue weighted by Crippen LogP contribution is -2.41. The third kappa shape index (κ3) is 1.95. The van der Waals surface area contributed by atoms with Gasteiger partial charge in [-0.1, -0.05) is 24.5 Å². The van der Waals surface area contributed by atoms with Gasteiger partial charge >= 0.3 is 0 Å². The summed E-state index contributed by atoms with van der Waals surface area (Å²) in [5.74, 6) is -0.432. The van der Waals surface area contributed by atoms with Crippen LogP contribution in [0.5, 0.6) is 0 Å². The molecule has 1 fully saturated rings. The quantitative estimate of drug-likeness (QED) is 0.858. The van der Waals surface area contributed by atoms with Gasteiger partial charge in [-0.05, 0) is 31.9 Å². The molecule has 0 saturated heterocycles. The molecule has 2 amide bonds. The molecule has 20 heavy (non-hydrogen) atoms. The SMILES string of the molecule is Cc1ccc2c(c1)C(=O)N(CC1(CO)CCCC1)C2=O. The van der Waals surface area contributed by atoms with Crippen LogP contribution in [0.2, 0.25) is 0 Å². The van der Waals surface area contributed by atoms with E-state index in [1.807, 2.05) is 13.0 Å². The number of rotatable bonds is 3. The first-order valence-corrected chi connectivity index (χ1v) is 7.14. The standard InChI is InChI=1S/C16H19NO3/c1-11-4-5-12-13(8-11)15(20)17(14(12)19)9-16(10-18)6-2-3-7-16/h4-5,8,18H,2-3,6-7,9-10H2,1H3. The fourth-order valence-corrected chi connectivity index (χ4v) is 3.37. The average molecular weight is 273 g/mol. The predicted molar refractivity (Wildman–Crippen MR) is 74.5 cm³/mol. The van der Waals surface area contributed by atoms with Crippen LogP contribution in [0, 0.1) is 12.3 Å². The van der Waals surface area contributed by atoms with Gasteiger partial charge in [0, 0.05) is 12.0 Å². The Kier molecular flexibility index (Phi) is 3.13. The maximum atomic E-state index is 12.4. The average Bonchev–Trinajstić information content (AvgIpc) is 3.00. The van der Waals surface area contributed by atoms with Gasteiger partial charge in [0.2, 0.25) is 0 Å². The van der Waals surface area contributed by atoms with E-state index in [0.29, 0.717) is 17.7 Å². The molecule has 1 aliphatic carbocycles. The van der Waals surface area contributed by atoms with Gasteiger partial charge in [-0.3, -0.25) is 14.5 Å². The van der Waals surface area contributed by atoms with Crippen LogP contribution in [0.25, 0.3) is 0 Å². The molecule has 1 aliphatic heterocycles. The molecular weight excluding hydrogens is 254 g/mol. The van der Waals surface area contributed by atoms with E-state index in [1.54, 1.807) is 12.1 Å². The molecule has 1 aromatic rings. The first-order valence-electron chi connectivity index (χ1n) is 7.14. The van der Waals surface area contributed by atoms with Crippen molar-refractivity contribution >= 4 is 11.8 Å². The Bertz CT molecular complexity index is 573. The van der Waals surface area contributed by atoms with Gasteiger partial charge in [0.15, 0.2) is 0 Å². The molecule has 0 aromatic heterocycles. The number of aliphatic hydroxyl groups is 1. The van der Waals surface area contributed by atoms with Crippen molar-refractivity contribution in [2.75, 3.05) is 13.2 Å². The Labute approximate surface area is 118 Å². The predicted octanol–water partition coefficient (Wildman–Crippen LogP) is 2.14. The van der Waals surface area contributed by atoms with Gasteiger partial charge in [0.25, 0.3) is 11.8 Å². The van der Waals surface area contributed by atoms with E-state index >= 15 is 0 Å². The first kappa shape index (κ1) is 13.3. The maximum Gasteiger partial charge on any atom is 0.261 e. The van der Waals surface area contributed by atoms with E-state index in [9.17, 15) is 14.7 Å². The van der Waals surface area contributed by atoms with Crippen molar-refractivity contribution in [1.82, 2.24) is 4.90 Å². The Morgan fingerprint density at radius 1 is 1.15 bits per heavy atom. The number of aryl methyl sites for hydroxylation is 1. The fraction of sp³-hybridized carbons (Fsp3) is 0.500. The summed E-state index contributed by atoms with van der Waals surface area (Å²) in [4.78, 5) is 26.1. The molecule has 0 bridgehead atoms. The van der Waals surface area contributed by atoms with Crippen LogP contribution in [-0.4, -0.2) is 35.0 Å². The van der Waals surface area contributed by atoms with E-state index in [1.165, 1.54) is 4.90 Å². The summed E-state index contributed by atoms with van der Waals surface area (Å²) in [7, 11) is 0. The number of carbonyl (C=O) groups excluding carboxylic acids is 2. The summed E-state index contributed by atoms with van der Waals surface area (Å²) < 4.78 is 0. The number of hydrogen-bond donors (Lipinski definition) is 1. The van der Waals surface area contributed by atoms with Crippen LogP contribution in [0.3, 0.4) is 0 Å². The molecule has 2 aliphatic rings. The van der Waals surface area contributed by atoms with Crippen LogP contribution in [-0.2, 0) is 0 Å². The van der Waals surface area contributed by atoms with Crippen LogP contribution in [0.1, 0.15) is 52.0 Å². The number of nitrogens with zero attached hydrogens (tertiary/aromatic N) is 1. The second-order valence-electron chi connectivity index (χ2n) is 6.11. The normalized spacial score (nSPS) is 20.6. The second-order valence-corrected chi connectivity index (χ2v) is 6.11. The third-order valence-corrected chi connectivity index (χ3v) is 4.62. The number of imide groups is 1. The number of hydrogen-bond acceptors (Lipinski definition) is 3. The number of aliphatic hydroxyl groups excluding tert-OH is 1. The number of benzene rings is 1. The lowest BCUT2D eigenvalue weighted by molar-refractivity contribution is 0.0475. The minimum Gasteiger partial charge on any atom is -0.396 e. The van der Waals surface area contributed by atoms with Crippen LogP contribution >= 0.6 is 0 Å². The molecule has 3 rings (SSSR count). The molecule has 0 unspecified atom stereocenters. The molecule has 4 heteroatoms. The van der Waals surface area contributed by atoms with Crippen molar-refractivity contribution in [3.05, 3.63) is 34.9 Å². The van der Waals surface area contributed by atoms with Crippen molar-refractivity contribution in [3.63, 3.8) is 0 Å². The summed E-state index contributed by atoms with van der Waals surface area (Å²) in [5.41, 5.74) is 1.68. The maximum absolute atomic E-state index is 12.4. The van der Waals surface area contributed by atoms with E-state index in [-0.39, 0.29) is 23.8 Å². The van der Waals surface area contributed by atoms with Gasteiger partial charge in [0.05, 0.1) is 17.7 Å². The smallest absolute Gasteiger partial charge is 0.261 e. The third-order valence-electron chi connectivity index (χ3n) is 4.62. The molecule has 1 saturated carbocycles. The highest BCUT2D eigenvalue weighted by atomic mass is 16.3. The minimum absolute atomic E-state index is 0.0411. The van der Waals surface area contributed by atoms with E-state index < -0.39 is 0 Å². The molecule has 4 nitrogen and oxygen atoms in total. The lowest BCUT2D eigenvalue weighted by Gasteiger charge is -2.30. The zero-order chi connectivity index (χ0) is 14.3. The van der Waals surface area contributed by atoms with Gasteiger partial charge in [-0.2, -0.15) is 0 Å². The van der Waals surface area contributed by atoms with E-state index in [4.69, 9.17) is 0 Å². The van der Waals surface area contributed by atoms with Gasteiger partial charge in [-0.25, -0.2) is 0 Å². The van der Waals surface area contributed by atoms with Crippen molar-refractivity contribution < 1.29 is 14.7 Å². The largest absolute Gasteiger partial charge is 0.396 e. The van der Waals surface area contributed by atoms with Crippen LogP contribution in [0.4, 0.5) is 0 Å². The van der Waals surface area contributed by atoms with Crippen molar-refractivity contribution in [2.24, 2.45) is 5.41 Å². The Balaban J connectivity index is 1.90. The summed E-state index contributed by atoms with van der Waals surface area (Å²) in [6.45, 7) is 2.29. The molecule has 0 atom stereocenters. The molecule has 0 radical (unpaired) electrons. The topological polar surface area (TPSA) is 57.6 Å². The van der Waals surface area contributed by atoms with Crippen molar-refractivity contribution in [1.29, 1.82) is 0 Å². The van der Waals surface area contributed by atoms with Crippen molar-refractivity contribution in [2.45, 2.75) is 32.6 Å². The molecule has 1 N–H and O–H groups in total. The number of amides is 2. The van der Waals surface area contributed by atoms with Crippen molar-refractivity contribution in [3.8, 4) is 0 Å².